The van der Waals surface area contributed by atoms with Gasteiger partial charge in [-0.25, -0.2) is 9.97 Å². The Morgan fingerprint density at radius 2 is 1.86 bits per heavy atom. The number of aromatic nitrogens is 3. The van der Waals surface area contributed by atoms with Gasteiger partial charge in [0, 0.05) is 34.9 Å². The van der Waals surface area contributed by atoms with Crippen molar-refractivity contribution < 1.29 is 4.79 Å². The van der Waals surface area contributed by atoms with E-state index in [9.17, 15) is 9.59 Å². The molecule has 4 aromatic rings. The molecule has 0 spiro atoms. The van der Waals surface area contributed by atoms with E-state index in [0.717, 1.165) is 23.2 Å². The minimum atomic E-state index is -0.329. The number of amides is 1. The second-order valence-corrected chi connectivity index (χ2v) is 10.0. The van der Waals surface area contributed by atoms with E-state index in [1.165, 1.54) is 10.1 Å². The highest BCUT2D eigenvalue weighted by molar-refractivity contribution is 6.30. The lowest BCUT2D eigenvalue weighted by Crippen LogP contribution is -2.37. The lowest BCUT2D eigenvalue weighted by molar-refractivity contribution is -0.122. The predicted molar refractivity (Wildman–Crippen MR) is 145 cm³/mol. The molecule has 1 amide bonds. The van der Waals surface area contributed by atoms with Crippen LogP contribution in [-0.2, 0) is 17.9 Å². The van der Waals surface area contributed by atoms with E-state index in [0.29, 0.717) is 27.4 Å². The molecule has 0 fully saturated rings. The highest BCUT2D eigenvalue weighted by Crippen LogP contribution is 2.26. The zero-order valence-electron chi connectivity index (χ0n) is 21.2. The van der Waals surface area contributed by atoms with Crippen LogP contribution in [0.1, 0.15) is 25.0 Å². The molecule has 0 atom stereocenters. The van der Waals surface area contributed by atoms with Gasteiger partial charge in [-0.2, -0.15) is 0 Å². The van der Waals surface area contributed by atoms with Crippen molar-refractivity contribution in [3.05, 3.63) is 81.2 Å². The summed E-state index contributed by atoms with van der Waals surface area (Å²) in [5.74, 6) is 0.0747. The summed E-state index contributed by atoms with van der Waals surface area (Å²) in [6.07, 6.45) is 1.74. The average Bonchev–Trinajstić information content (AvgIpc) is 2.79. The summed E-state index contributed by atoms with van der Waals surface area (Å²) in [7, 11) is 4.06. The van der Waals surface area contributed by atoms with Gasteiger partial charge in [0.25, 0.3) is 5.56 Å². The number of pyridine rings is 1. The van der Waals surface area contributed by atoms with Crippen molar-refractivity contribution in [2.45, 2.75) is 39.9 Å². The molecule has 8 heteroatoms. The monoisotopic (exact) mass is 503 g/mol. The Morgan fingerprint density at radius 3 is 2.56 bits per heavy atom. The fourth-order valence-corrected chi connectivity index (χ4v) is 4.45. The minimum Gasteiger partial charge on any atom is -0.352 e. The van der Waals surface area contributed by atoms with Crippen LogP contribution in [0.5, 0.6) is 0 Å². The first-order chi connectivity index (χ1) is 17.1. The summed E-state index contributed by atoms with van der Waals surface area (Å²) >= 11 is 6.21. The molecule has 4 rings (SSSR count). The average molecular weight is 504 g/mol. The van der Waals surface area contributed by atoms with E-state index in [-0.39, 0.29) is 24.1 Å². The molecule has 0 saturated heterocycles. The highest BCUT2D eigenvalue weighted by Gasteiger charge is 2.18. The SMILES string of the molecule is Cc1cc(CN(C)C)cc(-c2cnc3nc(-c4cccc(Cl)c4)n(CC(=O)NC(C)C)c(=O)c3c2)c1. The van der Waals surface area contributed by atoms with Gasteiger partial charge >= 0.3 is 0 Å². The van der Waals surface area contributed by atoms with Gasteiger partial charge in [-0.1, -0.05) is 41.4 Å². The number of benzene rings is 2. The van der Waals surface area contributed by atoms with E-state index in [4.69, 9.17) is 16.6 Å². The number of nitrogens with one attached hydrogen (secondary N) is 1. The van der Waals surface area contributed by atoms with E-state index in [1.54, 1.807) is 24.4 Å². The minimum absolute atomic E-state index is 0.0535. The van der Waals surface area contributed by atoms with Crippen LogP contribution in [-0.4, -0.2) is 45.5 Å². The Kier molecular flexibility index (Phi) is 7.52. The number of nitrogens with zero attached hydrogens (tertiary/aromatic N) is 4. The molecule has 0 aliphatic carbocycles. The number of hydrogen-bond donors (Lipinski definition) is 1. The quantitative estimate of drug-likeness (QED) is 0.396. The van der Waals surface area contributed by atoms with Crippen LogP contribution < -0.4 is 10.9 Å². The molecule has 7 nitrogen and oxygen atoms in total. The van der Waals surface area contributed by atoms with Crippen LogP contribution in [0.25, 0.3) is 33.5 Å². The maximum atomic E-state index is 13.8. The summed E-state index contributed by atoms with van der Waals surface area (Å²) in [6.45, 7) is 6.44. The lowest BCUT2D eigenvalue weighted by Gasteiger charge is -2.15. The van der Waals surface area contributed by atoms with Gasteiger partial charge < -0.3 is 10.2 Å². The number of halogens is 1. The number of aryl methyl sites for hydroxylation is 1. The molecule has 186 valence electrons. The first kappa shape index (κ1) is 25.5. The molecule has 2 aromatic heterocycles. The topological polar surface area (TPSA) is 80.1 Å². The van der Waals surface area contributed by atoms with Crippen molar-refractivity contribution in [2.75, 3.05) is 14.1 Å². The van der Waals surface area contributed by atoms with Crippen molar-refractivity contribution in [1.82, 2.24) is 24.8 Å². The third-order valence-electron chi connectivity index (χ3n) is 5.61. The van der Waals surface area contributed by atoms with Gasteiger partial charge in [-0.15, -0.1) is 0 Å². The van der Waals surface area contributed by atoms with Crippen molar-refractivity contribution in [2.24, 2.45) is 0 Å². The van der Waals surface area contributed by atoms with Crippen molar-refractivity contribution in [3.63, 3.8) is 0 Å². The second-order valence-electron chi connectivity index (χ2n) is 9.60. The molecule has 0 saturated carbocycles. The first-order valence-electron chi connectivity index (χ1n) is 11.8. The summed E-state index contributed by atoms with van der Waals surface area (Å²) < 4.78 is 1.39. The van der Waals surface area contributed by atoms with Crippen LogP contribution in [0, 0.1) is 6.92 Å². The Bertz CT molecular complexity index is 1490. The van der Waals surface area contributed by atoms with Crippen molar-refractivity contribution in [1.29, 1.82) is 0 Å². The Morgan fingerprint density at radius 1 is 1.08 bits per heavy atom. The summed E-state index contributed by atoms with van der Waals surface area (Å²) in [6, 6.07) is 15.2. The lowest BCUT2D eigenvalue weighted by atomic mass is 10.0. The Balaban J connectivity index is 1.89. The largest absolute Gasteiger partial charge is 0.352 e. The second kappa shape index (κ2) is 10.6. The van der Waals surface area contributed by atoms with E-state index in [2.05, 4.69) is 40.3 Å². The number of hydrogen-bond acceptors (Lipinski definition) is 5. The Hall–Kier alpha value is -3.55. The van der Waals surface area contributed by atoms with Crippen LogP contribution in [0.15, 0.2) is 59.5 Å². The number of rotatable bonds is 7. The van der Waals surface area contributed by atoms with E-state index < -0.39 is 0 Å². The fourth-order valence-electron chi connectivity index (χ4n) is 4.26. The van der Waals surface area contributed by atoms with Crippen LogP contribution in [0.2, 0.25) is 5.02 Å². The number of fused-ring (bicyclic) bond motifs is 1. The summed E-state index contributed by atoms with van der Waals surface area (Å²) in [5.41, 5.74) is 4.72. The van der Waals surface area contributed by atoms with Gasteiger partial charge in [-0.05, 0) is 70.3 Å². The molecule has 0 aliphatic heterocycles. The third-order valence-corrected chi connectivity index (χ3v) is 5.85. The predicted octanol–water partition coefficient (Wildman–Crippen LogP) is 4.67. The number of carbonyl (C=O) groups excluding carboxylic acids is 1. The third kappa shape index (κ3) is 5.80. The molecule has 0 radical (unpaired) electrons. The summed E-state index contributed by atoms with van der Waals surface area (Å²) in [5, 5.41) is 3.71. The maximum Gasteiger partial charge on any atom is 0.263 e. The zero-order valence-corrected chi connectivity index (χ0v) is 21.9. The molecule has 1 N–H and O–H groups in total. The zero-order chi connectivity index (χ0) is 26.0. The highest BCUT2D eigenvalue weighted by atomic mass is 35.5. The van der Waals surface area contributed by atoms with Crippen LogP contribution in [0.3, 0.4) is 0 Å². The van der Waals surface area contributed by atoms with Gasteiger partial charge in [0.2, 0.25) is 5.91 Å². The summed E-state index contributed by atoms with van der Waals surface area (Å²) in [4.78, 5) is 37.8. The fraction of sp³-hybridized carbons (Fsp3) is 0.286. The maximum absolute atomic E-state index is 13.8. The normalized spacial score (nSPS) is 11.4. The van der Waals surface area contributed by atoms with Gasteiger partial charge in [0.05, 0.1) is 5.39 Å². The van der Waals surface area contributed by atoms with E-state index in [1.807, 2.05) is 40.1 Å². The molecule has 0 bridgehead atoms. The standard InChI is InChI=1S/C28H30ClN5O2/c1-17(2)31-25(35)16-34-27(20-7-6-8-23(29)12-20)32-26-24(28(34)36)13-22(14-30-26)21-10-18(3)9-19(11-21)15-33(4)5/h6-14,17H,15-16H2,1-5H3,(H,31,35). The van der Waals surface area contributed by atoms with E-state index >= 15 is 0 Å². The molecule has 2 aromatic carbocycles. The van der Waals surface area contributed by atoms with Crippen molar-refractivity contribution in [3.8, 4) is 22.5 Å². The van der Waals surface area contributed by atoms with Crippen molar-refractivity contribution >= 4 is 28.5 Å². The number of carbonyl (C=O) groups is 1. The molecule has 36 heavy (non-hydrogen) atoms. The van der Waals surface area contributed by atoms with Gasteiger partial charge in [-0.3, -0.25) is 14.2 Å². The molecule has 0 unspecified atom stereocenters. The first-order valence-corrected chi connectivity index (χ1v) is 12.2. The van der Waals surface area contributed by atoms with Crippen LogP contribution in [0.4, 0.5) is 0 Å². The van der Waals surface area contributed by atoms with Gasteiger partial charge in [0.15, 0.2) is 5.65 Å². The molecule has 2 heterocycles. The smallest absolute Gasteiger partial charge is 0.263 e. The van der Waals surface area contributed by atoms with Gasteiger partial charge in [0.1, 0.15) is 12.4 Å². The molecular formula is C28H30ClN5O2. The van der Waals surface area contributed by atoms with Crippen LogP contribution >= 0.6 is 11.6 Å². The molecular weight excluding hydrogens is 474 g/mol. The molecule has 0 aliphatic rings. The Labute approximate surface area is 215 Å².